The van der Waals surface area contributed by atoms with Crippen LogP contribution >= 0.6 is 0 Å². The van der Waals surface area contributed by atoms with Gasteiger partial charge in [-0.25, -0.2) is 9.97 Å². The van der Waals surface area contributed by atoms with E-state index >= 15 is 0 Å². The van der Waals surface area contributed by atoms with E-state index in [0.29, 0.717) is 5.82 Å². The van der Waals surface area contributed by atoms with Gasteiger partial charge in [-0.3, -0.25) is 4.57 Å². The predicted octanol–water partition coefficient (Wildman–Crippen LogP) is 11.3. The Hall–Kier alpha value is -6.72. The van der Waals surface area contributed by atoms with Crippen LogP contribution in [0, 0.1) is 0 Å². The van der Waals surface area contributed by atoms with Crippen LogP contribution < -0.4 is 4.74 Å². The lowest BCUT2D eigenvalue weighted by atomic mass is 10.1. The summed E-state index contributed by atoms with van der Waals surface area (Å²) in [5, 5.41) is 7.00. The Balaban J connectivity index is 1.26. The number of benzene rings is 7. The third-order valence-electron chi connectivity index (χ3n) is 9.90. The van der Waals surface area contributed by atoms with Crippen LogP contribution in [0.3, 0.4) is 0 Å². The van der Waals surface area contributed by atoms with Crippen LogP contribution in [0.2, 0.25) is 0 Å². The number of fused-ring (bicyclic) bond motifs is 11. The van der Waals surface area contributed by atoms with Gasteiger partial charge < -0.3 is 9.30 Å². The second-order valence-electron chi connectivity index (χ2n) is 12.6. The zero-order valence-electron chi connectivity index (χ0n) is 26.2. The van der Waals surface area contributed by atoms with Crippen molar-refractivity contribution in [2.24, 2.45) is 0 Å². The Bertz CT molecular complexity index is 2900. The first-order valence-corrected chi connectivity index (χ1v) is 16.5. The van der Waals surface area contributed by atoms with Crippen molar-refractivity contribution in [2.75, 3.05) is 0 Å². The van der Waals surface area contributed by atoms with Crippen molar-refractivity contribution in [1.29, 1.82) is 0 Å². The number of hydrogen-bond donors (Lipinski definition) is 0. The second-order valence-corrected chi connectivity index (χ2v) is 12.6. The topological polar surface area (TPSA) is 44.9 Å². The first-order chi connectivity index (χ1) is 24.3. The van der Waals surface area contributed by atoms with Gasteiger partial charge in [0.05, 0.1) is 33.4 Å². The molecule has 0 N–H and O–H groups in total. The Morgan fingerprint density at radius 3 is 1.98 bits per heavy atom. The summed E-state index contributed by atoms with van der Waals surface area (Å²) < 4.78 is 11.4. The van der Waals surface area contributed by atoms with E-state index in [1.165, 1.54) is 16.2 Å². The van der Waals surface area contributed by atoms with E-state index in [9.17, 15) is 0 Å². The van der Waals surface area contributed by atoms with Gasteiger partial charge in [0.15, 0.2) is 17.3 Å². The van der Waals surface area contributed by atoms with E-state index in [1.54, 1.807) is 0 Å². The summed E-state index contributed by atoms with van der Waals surface area (Å²) in [7, 11) is 0. The molecule has 0 bridgehead atoms. The first-order valence-electron chi connectivity index (χ1n) is 16.5. The third kappa shape index (κ3) is 3.70. The molecule has 1 aliphatic rings. The molecule has 0 radical (unpaired) electrons. The van der Waals surface area contributed by atoms with Crippen LogP contribution in [0.1, 0.15) is 0 Å². The van der Waals surface area contributed by atoms with Crippen LogP contribution in [0.15, 0.2) is 158 Å². The van der Waals surface area contributed by atoms with E-state index in [0.717, 1.165) is 78.1 Å². The van der Waals surface area contributed by atoms with E-state index in [2.05, 4.69) is 143 Å². The van der Waals surface area contributed by atoms with Crippen molar-refractivity contribution in [3.05, 3.63) is 158 Å². The molecule has 10 aromatic rings. The lowest BCUT2D eigenvalue weighted by Crippen LogP contribution is -2.04. The molecule has 5 nitrogen and oxygen atoms in total. The van der Waals surface area contributed by atoms with E-state index < -0.39 is 0 Å². The SMILES string of the molecule is c1ccc(-c2cc(-n3c4ccccc4c4c5c6cccc7c6n(c5ccc43)-c3ccc4ccccc4c3O7)nc(-c3ccccc3)n2)cc1. The highest BCUT2D eigenvalue weighted by Gasteiger charge is 2.28. The van der Waals surface area contributed by atoms with Crippen LogP contribution in [0.5, 0.6) is 11.5 Å². The summed E-state index contributed by atoms with van der Waals surface area (Å²) in [6, 6.07) is 55.1. The van der Waals surface area contributed by atoms with E-state index in [-0.39, 0.29) is 0 Å². The molecule has 0 atom stereocenters. The van der Waals surface area contributed by atoms with Crippen LogP contribution in [0.4, 0.5) is 0 Å². The molecule has 0 saturated carbocycles. The second kappa shape index (κ2) is 9.89. The molecule has 228 valence electrons. The van der Waals surface area contributed by atoms with Crippen LogP contribution in [-0.4, -0.2) is 19.1 Å². The monoisotopic (exact) mass is 626 g/mol. The highest BCUT2D eigenvalue weighted by molar-refractivity contribution is 6.29. The van der Waals surface area contributed by atoms with E-state index in [4.69, 9.17) is 14.7 Å². The number of para-hydroxylation sites is 2. The smallest absolute Gasteiger partial charge is 0.162 e. The van der Waals surface area contributed by atoms with Gasteiger partial charge in [-0.1, -0.05) is 121 Å². The molecule has 5 heteroatoms. The maximum atomic E-state index is 6.73. The quantitative estimate of drug-likeness (QED) is 0.196. The van der Waals surface area contributed by atoms with Crippen molar-refractivity contribution in [3.8, 4) is 45.6 Å². The van der Waals surface area contributed by atoms with Crippen molar-refractivity contribution < 1.29 is 4.74 Å². The average molecular weight is 627 g/mol. The first kappa shape index (κ1) is 26.4. The fourth-order valence-corrected chi connectivity index (χ4v) is 7.81. The number of aromatic nitrogens is 4. The summed E-state index contributed by atoms with van der Waals surface area (Å²) in [4.78, 5) is 10.3. The fraction of sp³-hybridized carbons (Fsp3) is 0. The molecule has 0 fully saturated rings. The van der Waals surface area contributed by atoms with Crippen LogP contribution in [-0.2, 0) is 0 Å². The number of rotatable bonds is 3. The zero-order chi connectivity index (χ0) is 32.1. The van der Waals surface area contributed by atoms with E-state index in [1.807, 2.05) is 24.3 Å². The standard InChI is InChI=1S/C44H26N4O/c1-3-13-28(14-4-1)33-26-39(46-44(45-33)29-15-5-2-6-16-29)47-34-20-10-9-18-31(34)40-35(47)24-25-36-41(40)32-19-11-21-38-42(32)48(36)37-23-22-27-12-7-8-17-30(27)43(37)49-38/h1-26H. The Labute approximate surface area is 280 Å². The molecule has 0 saturated heterocycles. The van der Waals surface area contributed by atoms with Gasteiger partial charge >= 0.3 is 0 Å². The summed E-state index contributed by atoms with van der Waals surface area (Å²) in [5.74, 6) is 3.27. The van der Waals surface area contributed by atoms with Crippen molar-refractivity contribution >= 4 is 54.4 Å². The minimum atomic E-state index is 0.692. The number of hydrogen-bond acceptors (Lipinski definition) is 3. The fourth-order valence-electron chi connectivity index (χ4n) is 7.81. The summed E-state index contributed by atoms with van der Waals surface area (Å²) in [5.41, 5.74) is 8.38. The average Bonchev–Trinajstić information content (AvgIpc) is 3.69. The lowest BCUT2D eigenvalue weighted by Gasteiger charge is -2.22. The molecular weight excluding hydrogens is 601 g/mol. The normalized spacial score (nSPS) is 12.2. The summed E-state index contributed by atoms with van der Waals surface area (Å²) in [6.07, 6.45) is 0. The molecule has 0 aliphatic carbocycles. The number of nitrogens with zero attached hydrogens (tertiary/aromatic N) is 4. The zero-order valence-corrected chi connectivity index (χ0v) is 26.2. The largest absolute Gasteiger partial charge is 0.452 e. The molecule has 3 aromatic heterocycles. The molecule has 0 unspecified atom stereocenters. The maximum Gasteiger partial charge on any atom is 0.162 e. The van der Waals surface area contributed by atoms with Gasteiger partial charge in [0, 0.05) is 44.1 Å². The molecule has 7 aromatic carbocycles. The van der Waals surface area contributed by atoms with Gasteiger partial charge in [-0.15, -0.1) is 0 Å². The third-order valence-corrected chi connectivity index (χ3v) is 9.90. The molecule has 1 aliphatic heterocycles. The van der Waals surface area contributed by atoms with Gasteiger partial charge in [0.2, 0.25) is 0 Å². The molecule has 49 heavy (non-hydrogen) atoms. The van der Waals surface area contributed by atoms with Crippen molar-refractivity contribution in [2.45, 2.75) is 0 Å². The maximum absolute atomic E-state index is 6.73. The van der Waals surface area contributed by atoms with Gasteiger partial charge in [-0.05, 0) is 35.7 Å². The van der Waals surface area contributed by atoms with Gasteiger partial charge in [0.25, 0.3) is 0 Å². The van der Waals surface area contributed by atoms with Gasteiger partial charge in [0.1, 0.15) is 5.82 Å². The molecular formula is C44H26N4O. The Kier molecular flexibility index (Phi) is 5.32. The molecule has 0 amide bonds. The molecule has 4 heterocycles. The predicted molar refractivity (Wildman–Crippen MR) is 199 cm³/mol. The van der Waals surface area contributed by atoms with Crippen molar-refractivity contribution in [3.63, 3.8) is 0 Å². The van der Waals surface area contributed by atoms with Crippen molar-refractivity contribution in [1.82, 2.24) is 19.1 Å². The molecule has 11 rings (SSSR count). The Morgan fingerprint density at radius 2 is 1.14 bits per heavy atom. The highest BCUT2D eigenvalue weighted by Crippen LogP contribution is 2.50. The molecule has 0 spiro atoms. The Morgan fingerprint density at radius 1 is 0.469 bits per heavy atom. The highest BCUT2D eigenvalue weighted by atomic mass is 16.5. The van der Waals surface area contributed by atoms with Crippen LogP contribution in [0.25, 0.3) is 88.5 Å². The van der Waals surface area contributed by atoms with Gasteiger partial charge in [-0.2, -0.15) is 0 Å². The summed E-state index contributed by atoms with van der Waals surface area (Å²) in [6.45, 7) is 0. The minimum Gasteiger partial charge on any atom is -0.452 e. The number of ether oxygens (including phenoxy) is 1. The minimum absolute atomic E-state index is 0.692. The summed E-state index contributed by atoms with van der Waals surface area (Å²) >= 11 is 0. The lowest BCUT2D eigenvalue weighted by molar-refractivity contribution is 0.482.